The highest BCUT2D eigenvalue weighted by Crippen LogP contribution is 2.35. The number of hydroxylamine groups is 1. The third-order valence-corrected chi connectivity index (χ3v) is 2.53. The fourth-order valence-electron chi connectivity index (χ4n) is 1.63. The first-order valence-corrected chi connectivity index (χ1v) is 5.34. The molecule has 1 aromatic rings. The number of hydrogen-bond donors (Lipinski definition) is 2. The molecule has 0 radical (unpaired) electrons. The number of benzene rings is 1. The minimum absolute atomic E-state index is 0.0676. The molecule has 17 heavy (non-hydrogen) atoms. The van der Waals surface area contributed by atoms with Crippen LogP contribution in [0.1, 0.15) is 12.5 Å². The van der Waals surface area contributed by atoms with Crippen molar-refractivity contribution in [3.8, 4) is 17.2 Å². The van der Waals surface area contributed by atoms with Gasteiger partial charge in [-0.05, 0) is 25.0 Å². The van der Waals surface area contributed by atoms with E-state index < -0.39 is 0 Å². The molecule has 0 aliphatic heterocycles. The van der Waals surface area contributed by atoms with Crippen molar-refractivity contribution in [1.29, 1.82) is 0 Å². The van der Waals surface area contributed by atoms with Gasteiger partial charge in [0.2, 0.25) is 0 Å². The molecule has 1 rings (SSSR count). The Kier molecular flexibility index (Phi) is 5.06. The van der Waals surface area contributed by atoms with Gasteiger partial charge in [0, 0.05) is 12.1 Å². The van der Waals surface area contributed by atoms with Gasteiger partial charge >= 0.3 is 0 Å². The zero-order valence-corrected chi connectivity index (χ0v) is 10.6. The predicted octanol–water partition coefficient (Wildman–Crippen LogP) is 1.62. The maximum absolute atomic E-state index is 8.84. The lowest BCUT2D eigenvalue weighted by Crippen LogP contribution is -2.24. The second-order valence-corrected chi connectivity index (χ2v) is 3.75. The molecular formula is C12H19NO4. The van der Waals surface area contributed by atoms with Gasteiger partial charge in [0.1, 0.15) is 5.75 Å². The lowest BCUT2D eigenvalue weighted by molar-refractivity contribution is 0.132. The summed E-state index contributed by atoms with van der Waals surface area (Å²) in [6, 6.07) is 3.56. The summed E-state index contributed by atoms with van der Waals surface area (Å²) in [5.41, 5.74) is 3.15. The third kappa shape index (κ3) is 3.25. The topological polar surface area (TPSA) is 60.0 Å². The third-order valence-electron chi connectivity index (χ3n) is 2.53. The Morgan fingerprint density at radius 2 is 1.59 bits per heavy atom. The fourth-order valence-corrected chi connectivity index (χ4v) is 1.63. The van der Waals surface area contributed by atoms with Gasteiger partial charge in [0.05, 0.1) is 21.3 Å². The molecule has 1 atom stereocenters. The number of ether oxygens (including phenoxy) is 3. The Hall–Kier alpha value is -1.46. The Balaban J connectivity index is 3.09. The van der Waals surface area contributed by atoms with E-state index >= 15 is 0 Å². The maximum Gasteiger partial charge on any atom is 0.164 e. The quantitative estimate of drug-likeness (QED) is 0.741. The van der Waals surface area contributed by atoms with Crippen molar-refractivity contribution in [2.24, 2.45) is 0 Å². The van der Waals surface area contributed by atoms with Crippen LogP contribution in [-0.4, -0.2) is 32.6 Å². The molecule has 1 unspecified atom stereocenters. The molecule has 0 fully saturated rings. The van der Waals surface area contributed by atoms with E-state index in [4.69, 9.17) is 19.4 Å². The largest absolute Gasteiger partial charge is 0.496 e. The average molecular weight is 241 g/mol. The van der Waals surface area contributed by atoms with E-state index in [-0.39, 0.29) is 6.04 Å². The van der Waals surface area contributed by atoms with Crippen molar-refractivity contribution in [1.82, 2.24) is 5.48 Å². The average Bonchev–Trinajstić information content (AvgIpc) is 2.37. The zero-order chi connectivity index (χ0) is 12.8. The molecule has 0 spiro atoms. The Bertz CT molecular complexity index is 368. The summed E-state index contributed by atoms with van der Waals surface area (Å²) in [6.45, 7) is 1.87. The number of methoxy groups -OCH3 is 3. The van der Waals surface area contributed by atoms with Crippen LogP contribution in [0.3, 0.4) is 0 Å². The second-order valence-electron chi connectivity index (χ2n) is 3.75. The molecule has 0 heterocycles. The van der Waals surface area contributed by atoms with E-state index in [0.29, 0.717) is 23.7 Å². The maximum atomic E-state index is 8.84. The SMILES string of the molecule is COc1cc(OC)c(OC)cc1CC(C)NO. The van der Waals surface area contributed by atoms with E-state index in [2.05, 4.69) is 5.48 Å². The van der Waals surface area contributed by atoms with Crippen molar-refractivity contribution in [3.63, 3.8) is 0 Å². The van der Waals surface area contributed by atoms with E-state index in [9.17, 15) is 0 Å². The van der Waals surface area contributed by atoms with Crippen LogP contribution in [0, 0.1) is 0 Å². The molecular weight excluding hydrogens is 222 g/mol. The summed E-state index contributed by atoms with van der Waals surface area (Å²) in [5, 5.41) is 8.84. The highest BCUT2D eigenvalue weighted by atomic mass is 16.5. The fraction of sp³-hybridized carbons (Fsp3) is 0.500. The van der Waals surface area contributed by atoms with Crippen LogP contribution in [0.2, 0.25) is 0 Å². The van der Waals surface area contributed by atoms with Crippen molar-refractivity contribution in [3.05, 3.63) is 17.7 Å². The van der Waals surface area contributed by atoms with Gasteiger partial charge in [-0.15, -0.1) is 0 Å². The van der Waals surface area contributed by atoms with E-state index in [1.54, 1.807) is 27.4 Å². The Morgan fingerprint density at radius 3 is 2.06 bits per heavy atom. The first-order chi connectivity index (χ1) is 8.15. The molecule has 0 amide bonds. The van der Waals surface area contributed by atoms with Crippen molar-refractivity contribution in [2.45, 2.75) is 19.4 Å². The molecule has 2 N–H and O–H groups in total. The highest BCUT2D eigenvalue weighted by Gasteiger charge is 2.13. The normalized spacial score (nSPS) is 12.1. The first kappa shape index (κ1) is 13.6. The summed E-state index contributed by atoms with van der Waals surface area (Å²) >= 11 is 0. The summed E-state index contributed by atoms with van der Waals surface area (Å²) in [4.78, 5) is 0. The van der Waals surface area contributed by atoms with Crippen LogP contribution in [0.4, 0.5) is 0 Å². The summed E-state index contributed by atoms with van der Waals surface area (Å²) in [5.74, 6) is 1.98. The molecule has 96 valence electrons. The Morgan fingerprint density at radius 1 is 1.06 bits per heavy atom. The Labute approximate surface area is 101 Å². The number of nitrogens with one attached hydrogen (secondary N) is 1. The number of hydrogen-bond acceptors (Lipinski definition) is 5. The molecule has 0 saturated carbocycles. The van der Waals surface area contributed by atoms with E-state index in [0.717, 1.165) is 5.56 Å². The minimum atomic E-state index is -0.0676. The van der Waals surface area contributed by atoms with Crippen LogP contribution < -0.4 is 19.7 Å². The number of rotatable bonds is 6. The molecule has 0 saturated heterocycles. The predicted molar refractivity (Wildman–Crippen MR) is 64.2 cm³/mol. The van der Waals surface area contributed by atoms with Gasteiger partial charge in [-0.3, -0.25) is 0 Å². The first-order valence-electron chi connectivity index (χ1n) is 5.34. The standard InChI is InChI=1S/C12H19NO4/c1-8(13-14)5-9-6-11(16-3)12(17-4)7-10(9)15-2/h6-8,13-14H,5H2,1-4H3. The smallest absolute Gasteiger partial charge is 0.164 e. The van der Waals surface area contributed by atoms with Gasteiger partial charge in [0.25, 0.3) is 0 Å². The molecule has 0 aliphatic rings. The van der Waals surface area contributed by atoms with Crippen molar-refractivity contribution >= 4 is 0 Å². The molecule has 0 bridgehead atoms. The van der Waals surface area contributed by atoms with Crippen LogP contribution in [0.5, 0.6) is 17.2 Å². The summed E-state index contributed by atoms with van der Waals surface area (Å²) in [6.07, 6.45) is 0.625. The molecule has 0 aromatic heterocycles. The van der Waals surface area contributed by atoms with Crippen molar-refractivity contribution < 1.29 is 19.4 Å². The van der Waals surface area contributed by atoms with Gasteiger partial charge in [0.15, 0.2) is 11.5 Å². The monoisotopic (exact) mass is 241 g/mol. The van der Waals surface area contributed by atoms with Crippen LogP contribution >= 0.6 is 0 Å². The van der Waals surface area contributed by atoms with Crippen LogP contribution in [0.25, 0.3) is 0 Å². The highest BCUT2D eigenvalue weighted by molar-refractivity contribution is 5.50. The van der Waals surface area contributed by atoms with Gasteiger partial charge < -0.3 is 19.4 Å². The molecule has 5 heteroatoms. The van der Waals surface area contributed by atoms with E-state index in [1.165, 1.54) is 0 Å². The lowest BCUT2D eigenvalue weighted by atomic mass is 10.1. The van der Waals surface area contributed by atoms with Crippen LogP contribution in [0.15, 0.2) is 12.1 Å². The molecule has 0 aliphatic carbocycles. The van der Waals surface area contributed by atoms with Gasteiger partial charge in [-0.1, -0.05) is 0 Å². The zero-order valence-electron chi connectivity index (χ0n) is 10.6. The minimum Gasteiger partial charge on any atom is -0.496 e. The summed E-state index contributed by atoms with van der Waals surface area (Å²) in [7, 11) is 4.76. The van der Waals surface area contributed by atoms with Crippen LogP contribution in [-0.2, 0) is 6.42 Å². The molecule has 1 aromatic carbocycles. The van der Waals surface area contributed by atoms with Gasteiger partial charge in [-0.2, -0.15) is 0 Å². The van der Waals surface area contributed by atoms with Gasteiger partial charge in [-0.25, -0.2) is 5.48 Å². The summed E-state index contributed by atoms with van der Waals surface area (Å²) < 4.78 is 15.7. The molecule has 5 nitrogen and oxygen atoms in total. The second kappa shape index (κ2) is 6.32. The van der Waals surface area contributed by atoms with Crippen molar-refractivity contribution in [2.75, 3.05) is 21.3 Å². The lowest BCUT2D eigenvalue weighted by Gasteiger charge is -2.16. The van der Waals surface area contributed by atoms with E-state index in [1.807, 2.05) is 13.0 Å².